The summed E-state index contributed by atoms with van der Waals surface area (Å²) >= 11 is 3.51. The second kappa shape index (κ2) is 21.1. The summed E-state index contributed by atoms with van der Waals surface area (Å²) in [5.41, 5.74) is 2.31. The van der Waals surface area contributed by atoms with Gasteiger partial charge in [-0.1, -0.05) is 75.7 Å². The maximum Gasteiger partial charge on any atom is 0.494 e. The smallest absolute Gasteiger partial charge is 0.411 e. The van der Waals surface area contributed by atoms with E-state index in [4.69, 9.17) is 41.8 Å². The van der Waals surface area contributed by atoms with Crippen molar-refractivity contribution in [3.63, 3.8) is 0 Å². The Labute approximate surface area is 463 Å². The molecule has 76 heavy (non-hydrogen) atoms. The minimum Gasteiger partial charge on any atom is -0.411 e. The number of nitrogens with zero attached hydrogens (tertiary/aromatic N) is 8. The van der Waals surface area contributed by atoms with E-state index in [0.29, 0.717) is 25.1 Å². The average molecular weight is 1140 g/mol. The first-order valence-corrected chi connectivity index (χ1v) is 33.0. The number of hydrogen-bond donors (Lipinski definition) is 0. The summed E-state index contributed by atoms with van der Waals surface area (Å²) < 4.78 is 53.5. The van der Waals surface area contributed by atoms with E-state index in [1.54, 1.807) is 21.8 Å². The summed E-state index contributed by atoms with van der Waals surface area (Å²) in [6, 6.07) is 15.9. The van der Waals surface area contributed by atoms with Gasteiger partial charge in [0, 0.05) is 27.6 Å². The summed E-state index contributed by atoms with van der Waals surface area (Å²) in [6.07, 6.45) is 7.17. The van der Waals surface area contributed by atoms with Crippen molar-refractivity contribution >= 4 is 81.0 Å². The molecule has 0 atom stereocenters. The van der Waals surface area contributed by atoms with Gasteiger partial charge in [-0.25, -0.2) is 19.9 Å². The standard InChI is InChI=1S/C24H35BN4O3Si.C18H23BrN4OSi.C12H24B2O4/c1-22(2,3)33(8,9)30-16-19-12-13-26-21(28-19)29-20-14-18(11-10-17(20)15-27-29)25-31-23(4,5)24(6,7)32-25;1-18(2,3)25(4,5)24-12-15-8-9-20-17(22-15)23-16-10-14(19)7-6-13(16)11-21-23;1-9(2)10(3,4)16-13(15-9)14-17-11(5,6)12(7,8)18-14/h10-15H,16H2,1-9H3;6-11H,12H2,1-5H3;1-8H3. The van der Waals surface area contributed by atoms with Gasteiger partial charge in [-0.15, -0.1) is 0 Å². The Kier molecular flexibility index (Phi) is 16.6. The molecule has 0 saturated carbocycles. The molecule has 410 valence electrons. The third-order valence-corrected chi connectivity index (χ3v) is 26.4. The van der Waals surface area contributed by atoms with Gasteiger partial charge in [-0.2, -0.15) is 19.6 Å². The van der Waals surface area contributed by atoms with Crippen LogP contribution in [-0.2, 0) is 50.0 Å². The van der Waals surface area contributed by atoms with Crippen LogP contribution in [0.3, 0.4) is 0 Å². The van der Waals surface area contributed by atoms with E-state index in [-0.39, 0.29) is 32.5 Å². The highest BCUT2D eigenvalue weighted by Crippen LogP contribution is 2.44. The molecule has 22 heteroatoms. The number of fused-ring (bicyclic) bond motifs is 2. The van der Waals surface area contributed by atoms with Gasteiger partial charge in [0.25, 0.3) is 11.9 Å². The van der Waals surface area contributed by atoms with Gasteiger partial charge in [-0.3, -0.25) is 0 Å². The molecule has 0 unspecified atom stereocenters. The molecule has 0 aliphatic carbocycles. The molecule has 3 saturated heterocycles. The molecule has 3 aliphatic rings. The van der Waals surface area contributed by atoms with E-state index in [1.807, 2.05) is 116 Å². The first kappa shape index (κ1) is 60.0. The average Bonchev–Trinajstić information content (AvgIpc) is 4.07. The van der Waals surface area contributed by atoms with E-state index in [0.717, 1.165) is 43.1 Å². The van der Waals surface area contributed by atoms with Crippen LogP contribution in [0.5, 0.6) is 0 Å². The summed E-state index contributed by atoms with van der Waals surface area (Å²) in [5.74, 6) is 1.08. The molecule has 3 fully saturated rings. The molecule has 0 radical (unpaired) electrons. The molecule has 4 aromatic heterocycles. The van der Waals surface area contributed by atoms with E-state index >= 15 is 0 Å². The molecular formula is C54H82B3BrN8O8Si2. The Morgan fingerprint density at radius 1 is 0.513 bits per heavy atom. The van der Waals surface area contributed by atoms with E-state index < -0.39 is 49.0 Å². The molecule has 2 aromatic carbocycles. The van der Waals surface area contributed by atoms with Crippen molar-refractivity contribution in [1.29, 1.82) is 0 Å². The zero-order valence-corrected chi connectivity index (χ0v) is 52.9. The van der Waals surface area contributed by atoms with Crippen LogP contribution in [0.1, 0.15) is 136 Å². The molecule has 3 aliphatic heterocycles. The Morgan fingerprint density at radius 3 is 1.25 bits per heavy atom. The van der Waals surface area contributed by atoms with Crippen LogP contribution in [0.2, 0.25) is 36.3 Å². The maximum absolute atomic E-state index is 6.35. The molecule has 7 heterocycles. The first-order valence-electron chi connectivity index (χ1n) is 26.4. The third-order valence-electron chi connectivity index (χ3n) is 17.0. The second-order valence-electron chi connectivity index (χ2n) is 26.3. The lowest BCUT2D eigenvalue weighted by Crippen LogP contribution is -2.41. The lowest BCUT2D eigenvalue weighted by atomic mass is 9.49. The van der Waals surface area contributed by atoms with Crippen molar-refractivity contribution < 1.29 is 36.8 Å². The fraction of sp³-hybridized carbons (Fsp3) is 0.593. The normalized spacial score (nSPS) is 19.7. The predicted molar refractivity (Wildman–Crippen MR) is 313 cm³/mol. The molecule has 9 rings (SSSR count). The molecule has 0 spiro atoms. The monoisotopic (exact) mass is 1140 g/mol. The van der Waals surface area contributed by atoms with Crippen molar-refractivity contribution in [2.45, 2.75) is 208 Å². The lowest BCUT2D eigenvalue weighted by molar-refractivity contribution is 0.00578. The second-order valence-corrected chi connectivity index (χ2v) is 36.8. The van der Waals surface area contributed by atoms with Crippen molar-refractivity contribution in [3.8, 4) is 11.9 Å². The van der Waals surface area contributed by atoms with Gasteiger partial charge in [0.05, 0.1) is 81.6 Å². The van der Waals surface area contributed by atoms with Crippen molar-refractivity contribution in [2.75, 3.05) is 0 Å². The number of halogens is 1. The summed E-state index contributed by atoms with van der Waals surface area (Å²) in [4.78, 5) is 18.3. The van der Waals surface area contributed by atoms with Crippen LogP contribution in [0.25, 0.3) is 33.7 Å². The van der Waals surface area contributed by atoms with Gasteiger partial charge < -0.3 is 36.8 Å². The minimum absolute atomic E-state index is 0.144. The van der Waals surface area contributed by atoms with Crippen LogP contribution < -0.4 is 5.46 Å². The van der Waals surface area contributed by atoms with Crippen LogP contribution in [-0.4, -0.2) is 111 Å². The number of benzene rings is 2. The lowest BCUT2D eigenvalue weighted by Gasteiger charge is -2.36. The highest BCUT2D eigenvalue weighted by Gasteiger charge is 2.64. The van der Waals surface area contributed by atoms with E-state index in [1.165, 1.54) is 0 Å². The fourth-order valence-corrected chi connectivity index (χ4v) is 9.78. The van der Waals surface area contributed by atoms with Gasteiger partial charge >= 0.3 is 21.1 Å². The molecule has 0 bridgehead atoms. The minimum atomic E-state index is -1.87. The van der Waals surface area contributed by atoms with Crippen LogP contribution in [0.15, 0.2) is 77.8 Å². The number of aromatic nitrogens is 8. The zero-order valence-electron chi connectivity index (χ0n) is 49.3. The summed E-state index contributed by atoms with van der Waals surface area (Å²) in [7, 11) is -5.07. The fourth-order valence-electron chi connectivity index (χ4n) is 7.55. The highest BCUT2D eigenvalue weighted by atomic mass is 79.9. The topological polar surface area (TPSA) is 161 Å². The Morgan fingerprint density at radius 2 is 0.868 bits per heavy atom. The highest BCUT2D eigenvalue weighted by molar-refractivity contribution is 9.10. The number of hydrogen-bond acceptors (Lipinski definition) is 14. The zero-order chi connectivity index (χ0) is 56.5. The van der Waals surface area contributed by atoms with Crippen molar-refractivity contribution in [3.05, 3.63) is 89.2 Å². The van der Waals surface area contributed by atoms with Crippen LogP contribution in [0.4, 0.5) is 0 Å². The van der Waals surface area contributed by atoms with E-state index in [2.05, 4.69) is 137 Å². The quantitative estimate of drug-likeness (QED) is 0.119. The van der Waals surface area contributed by atoms with Crippen molar-refractivity contribution in [2.24, 2.45) is 0 Å². The Bertz CT molecular complexity index is 2950. The van der Waals surface area contributed by atoms with Gasteiger partial charge in [0.15, 0.2) is 16.6 Å². The largest absolute Gasteiger partial charge is 0.494 e. The SMILES string of the molecule is CC(C)(C)[Si](C)(C)OCc1ccnc(-n2ncc3ccc(Br)cc32)n1.CC1(C)OB(B2OC(C)(C)C(C)(C)O2)OC1(C)C.CC1(C)OB(c2ccc3cnn(-c4nccc(CO[Si](C)(C)C(C)(C)C)n4)c3c2)OC1(C)C. The predicted octanol–water partition coefficient (Wildman–Crippen LogP) is 12.0. The number of rotatable bonds is 10. The summed E-state index contributed by atoms with van der Waals surface area (Å²) in [5, 5.41) is 11.4. The van der Waals surface area contributed by atoms with Gasteiger partial charge in [0.1, 0.15) is 0 Å². The third kappa shape index (κ3) is 12.7. The molecular weight excluding hydrogens is 1060 g/mol. The molecule has 16 nitrogen and oxygen atoms in total. The summed E-state index contributed by atoms with van der Waals surface area (Å²) in [6.45, 7) is 47.8. The van der Waals surface area contributed by atoms with Crippen molar-refractivity contribution in [1.82, 2.24) is 39.5 Å². The van der Waals surface area contributed by atoms with Gasteiger partial charge in [0.2, 0.25) is 0 Å². The van der Waals surface area contributed by atoms with Crippen LogP contribution >= 0.6 is 15.9 Å². The Balaban J connectivity index is 0.000000174. The van der Waals surface area contributed by atoms with E-state index in [9.17, 15) is 0 Å². The first-order chi connectivity index (χ1) is 34.8. The van der Waals surface area contributed by atoms with Gasteiger partial charge in [-0.05, 0) is 155 Å². The molecule has 0 N–H and O–H groups in total. The van der Waals surface area contributed by atoms with Crippen LogP contribution in [0, 0.1) is 0 Å². The molecule has 0 amide bonds. The maximum atomic E-state index is 6.35. The molecule has 6 aromatic rings. The Hall–Kier alpha value is -3.67.